The van der Waals surface area contributed by atoms with Crippen LogP contribution in [0.2, 0.25) is 0 Å². The fraction of sp³-hybridized carbons (Fsp3) is 0.333. The molecule has 0 amide bonds. The summed E-state index contributed by atoms with van der Waals surface area (Å²) in [7, 11) is 0. The third kappa shape index (κ3) is 2.53. The molecule has 0 unspecified atom stereocenters. The second kappa shape index (κ2) is 5.34. The van der Waals surface area contributed by atoms with Crippen LogP contribution in [-0.2, 0) is 0 Å². The second-order valence-corrected chi connectivity index (χ2v) is 7.36. The van der Waals surface area contributed by atoms with Crippen molar-refractivity contribution in [3.63, 3.8) is 0 Å². The number of halogens is 3. The lowest BCUT2D eigenvalue weighted by molar-refractivity contribution is -0.00236. The summed E-state index contributed by atoms with van der Waals surface area (Å²) in [5, 5.41) is 19.3. The highest BCUT2D eigenvalue weighted by molar-refractivity contribution is 9.10. The van der Waals surface area contributed by atoms with Crippen LogP contribution in [0.15, 0.2) is 40.9 Å². The Morgan fingerprint density at radius 3 is 2.46 bits per heavy atom. The van der Waals surface area contributed by atoms with Gasteiger partial charge in [0.2, 0.25) is 5.92 Å². The molecule has 0 radical (unpaired) electrons. The van der Waals surface area contributed by atoms with Crippen molar-refractivity contribution < 1.29 is 23.7 Å². The molecule has 0 spiro atoms. The first kappa shape index (κ1) is 15.7. The molecule has 2 N–H and O–H groups in total. The Morgan fingerprint density at radius 2 is 1.75 bits per heavy atom. The number of ether oxygens (including phenoxy) is 1. The quantitative estimate of drug-likeness (QED) is 0.702. The summed E-state index contributed by atoms with van der Waals surface area (Å²) in [4.78, 5) is 0. The van der Waals surface area contributed by atoms with Crippen LogP contribution in [0.3, 0.4) is 0 Å². The highest BCUT2D eigenvalue weighted by Crippen LogP contribution is 2.59. The molecule has 2 aromatic carbocycles. The molecule has 0 aromatic heterocycles. The SMILES string of the molecule is Oc1ccc([C@@H]2Oc3c(Br)cc(O)cc3[C@@H]3CC(F)(F)C[C@@H]32)cc1. The van der Waals surface area contributed by atoms with E-state index in [1.54, 1.807) is 12.1 Å². The van der Waals surface area contributed by atoms with Crippen LogP contribution < -0.4 is 4.74 Å². The summed E-state index contributed by atoms with van der Waals surface area (Å²) in [5.41, 5.74) is 1.38. The minimum atomic E-state index is -2.76. The summed E-state index contributed by atoms with van der Waals surface area (Å²) < 4.78 is 34.9. The fourth-order valence-electron chi connectivity index (χ4n) is 3.90. The van der Waals surface area contributed by atoms with E-state index in [-0.39, 0.29) is 36.2 Å². The molecule has 24 heavy (non-hydrogen) atoms. The van der Waals surface area contributed by atoms with Crippen LogP contribution in [0.1, 0.15) is 36.0 Å². The molecule has 3 atom stereocenters. The second-order valence-electron chi connectivity index (χ2n) is 6.51. The highest BCUT2D eigenvalue weighted by atomic mass is 79.9. The van der Waals surface area contributed by atoms with Gasteiger partial charge in [0.15, 0.2) is 0 Å². The van der Waals surface area contributed by atoms with Gasteiger partial charge in [-0.3, -0.25) is 0 Å². The molecule has 2 aliphatic rings. The van der Waals surface area contributed by atoms with E-state index in [0.29, 0.717) is 15.8 Å². The minimum absolute atomic E-state index is 0.0290. The predicted octanol–water partition coefficient (Wildman–Crippen LogP) is 5.12. The molecular weight excluding hydrogens is 382 g/mol. The van der Waals surface area contributed by atoms with E-state index in [4.69, 9.17) is 4.74 Å². The lowest BCUT2D eigenvalue weighted by atomic mass is 9.80. The number of benzene rings is 2. The van der Waals surface area contributed by atoms with Gasteiger partial charge in [0.25, 0.3) is 0 Å². The van der Waals surface area contributed by atoms with Gasteiger partial charge >= 0.3 is 0 Å². The minimum Gasteiger partial charge on any atom is -0.508 e. The van der Waals surface area contributed by atoms with Gasteiger partial charge < -0.3 is 14.9 Å². The van der Waals surface area contributed by atoms with Crippen molar-refractivity contribution in [3.8, 4) is 17.2 Å². The van der Waals surface area contributed by atoms with Crippen molar-refractivity contribution in [2.75, 3.05) is 0 Å². The summed E-state index contributed by atoms with van der Waals surface area (Å²) in [5.74, 6) is -2.87. The van der Waals surface area contributed by atoms with Gasteiger partial charge in [0, 0.05) is 30.2 Å². The van der Waals surface area contributed by atoms with Gasteiger partial charge in [0.05, 0.1) is 4.47 Å². The average Bonchev–Trinajstić information content (AvgIpc) is 2.83. The topological polar surface area (TPSA) is 49.7 Å². The summed E-state index contributed by atoms with van der Waals surface area (Å²) in [6, 6.07) is 9.48. The zero-order valence-electron chi connectivity index (χ0n) is 12.5. The molecule has 6 heteroatoms. The van der Waals surface area contributed by atoms with Gasteiger partial charge in [-0.05, 0) is 45.8 Å². The zero-order chi connectivity index (χ0) is 17.1. The molecule has 4 rings (SSSR count). The Morgan fingerprint density at radius 1 is 1.04 bits per heavy atom. The predicted molar refractivity (Wildman–Crippen MR) is 87.7 cm³/mol. The van der Waals surface area contributed by atoms with Crippen LogP contribution in [-0.4, -0.2) is 16.1 Å². The number of fused-ring (bicyclic) bond motifs is 3. The lowest BCUT2D eigenvalue weighted by Gasteiger charge is -2.36. The largest absolute Gasteiger partial charge is 0.508 e. The summed E-state index contributed by atoms with van der Waals surface area (Å²) in [6.45, 7) is 0. The standard InChI is InChI=1S/C18H15BrF2O3/c19-15-6-11(23)5-12-13-7-18(20,21)8-14(13)16(24-17(12)15)9-1-3-10(22)4-2-9/h1-6,13-14,16,22-23H,7-8H2/t13-,14-,16-/m0/s1. The molecule has 1 fully saturated rings. The number of rotatable bonds is 1. The van der Waals surface area contributed by atoms with Crippen LogP contribution in [0.5, 0.6) is 17.2 Å². The maximum Gasteiger partial charge on any atom is 0.249 e. The monoisotopic (exact) mass is 396 g/mol. The Labute approximate surface area is 146 Å². The molecule has 126 valence electrons. The number of hydrogen-bond donors (Lipinski definition) is 2. The average molecular weight is 397 g/mol. The Bertz CT molecular complexity index is 792. The van der Waals surface area contributed by atoms with Crippen molar-refractivity contribution in [2.24, 2.45) is 5.92 Å². The molecule has 0 saturated heterocycles. The van der Waals surface area contributed by atoms with Crippen molar-refractivity contribution in [1.82, 2.24) is 0 Å². The molecule has 1 saturated carbocycles. The van der Waals surface area contributed by atoms with Crippen molar-refractivity contribution in [3.05, 3.63) is 52.0 Å². The number of aromatic hydroxyl groups is 2. The number of phenolic OH excluding ortho intramolecular Hbond substituents is 2. The maximum atomic E-state index is 14.1. The van der Waals surface area contributed by atoms with E-state index in [9.17, 15) is 19.0 Å². The first-order chi connectivity index (χ1) is 11.3. The van der Waals surface area contributed by atoms with Gasteiger partial charge in [-0.1, -0.05) is 12.1 Å². The fourth-order valence-corrected chi connectivity index (χ4v) is 4.45. The van der Waals surface area contributed by atoms with E-state index in [1.165, 1.54) is 24.3 Å². The maximum absolute atomic E-state index is 14.1. The van der Waals surface area contributed by atoms with Crippen molar-refractivity contribution in [2.45, 2.75) is 30.8 Å². The normalized spacial score (nSPS) is 27.2. The van der Waals surface area contributed by atoms with Gasteiger partial charge in [-0.2, -0.15) is 0 Å². The molecule has 1 aliphatic carbocycles. The first-order valence-electron chi connectivity index (χ1n) is 7.70. The van der Waals surface area contributed by atoms with E-state index in [2.05, 4.69) is 15.9 Å². The first-order valence-corrected chi connectivity index (χ1v) is 8.49. The third-order valence-electron chi connectivity index (χ3n) is 4.88. The van der Waals surface area contributed by atoms with Gasteiger partial charge in [-0.25, -0.2) is 8.78 Å². The van der Waals surface area contributed by atoms with E-state index < -0.39 is 12.0 Å². The van der Waals surface area contributed by atoms with Crippen LogP contribution in [0.25, 0.3) is 0 Å². The van der Waals surface area contributed by atoms with Crippen LogP contribution in [0, 0.1) is 5.92 Å². The Balaban J connectivity index is 1.83. The number of hydrogen-bond acceptors (Lipinski definition) is 3. The zero-order valence-corrected chi connectivity index (χ0v) is 14.1. The molecule has 0 bridgehead atoms. The smallest absolute Gasteiger partial charge is 0.249 e. The Hall–Kier alpha value is -1.82. The lowest BCUT2D eigenvalue weighted by Crippen LogP contribution is -2.27. The summed E-state index contributed by atoms with van der Waals surface area (Å²) >= 11 is 3.36. The number of alkyl halides is 2. The van der Waals surface area contributed by atoms with E-state index in [0.717, 1.165) is 5.56 Å². The van der Waals surface area contributed by atoms with Gasteiger partial charge in [-0.15, -0.1) is 0 Å². The van der Waals surface area contributed by atoms with Crippen LogP contribution in [0.4, 0.5) is 8.78 Å². The molecule has 1 heterocycles. The van der Waals surface area contributed by atoms with E-state index >= 15 is 0 Å². The molecule has 1 aliphatic heterocycles. The number of phenols is 2. The Kier molecular flexibility index (Phi) is 3.49. The highest BCUT2D eigenvalue weighted by Gasteiger charge is 2.53. The van der Waals surface area contributed by atoms with Crippen molar-refractivity contribution >= 4 is 15.9 Å². The third-order valence-corrected chi connectivity index (χ3v) is 5.47. The van der Waals surface area contributed by atoms with Gasteiger partial charge in [0.1, 0.15) is 23.4 Å². The molecule has 2 aromatic rings. The summed E-state index contributed by atoms with van der Waals surface area (Å²) in [6.07, 6.45) is -1.02. The molecular formula is C18H15BrF2O3. The molecule has 3 nitrogen and oxygen atoms in total. The van der Waals surface area contributed by atoms with E-state index in [1.807, 2.05) is 0 Å². The van der Waals surface area contributed by atoms with Crippen molar-refractivity contribution in [1.29, 1.82) is 0 Å². The van der Waals surface area contributed by atoms with Crippen LogP contribution >= 0.6 is 15.9 Å².